The van der Waals surface area contributed by atoms with Gasteiger partial charge in [-0.1, -0.05) is 12.1 Å². The number of nitrogens with zero attached hydrogens (tertiary/aromatic N) is 2. The highest BCUT2D eigenvalue weighted by atomic mass is 32.2. The van der Waals surface area contributed by atoms with Gasteiger partial charge in [-0.15, -0.1) is 11.8 Å². The van der Waals surface area contributed by atoms with Crippen molar-refractivity contribution in [3.63, 3.8) is 0 Å². The zero-order valence-electron chi connectivity index (χ0n) is 8.19. The molecule has 1 heterocycles. The number of aromatic nitrogens is 2. The monoisotopic (exact) mass is 218 g/mol. The molecule has 4 nitrogen and oxygen atoms in total. The molecule has 2 N–H and O–H groups in total. The summed E-state index contributed by atoms with van der Waals surface area (Å²) in [6.07, 6.45) is 3.02. The second-order valence-corrected chi connectivity index (χ2v) is 3.75. The van der Waals surface area contributed by atoms with E-state index in [2.05, 4.69) is 4.98 Å². The fourth-order valence-corrected chi connectivity index (χ4v) is 1.91. The highest BCUT2D eigenvalue weighted by molar-refractivity contribution is 7.98. The van der Waals surface area contributed by atoms with Gasteiger partial charge in [-0.25, -0.2) is 4.98 Å². The number of thioether (sulfide) groups is 1. The molecule has 0 spiro atoms. The third-order valence-electron chi connectivity index (χ3n) is 2.13. The summed E-state index contributed by atoms with van der Waals surface area (Å²) in [6, 6.07) is 7.52. The minimum absolute atomic E-state index is 0.260. The van der Waals surface area contributed by atoms with Crippen molar-refractivity contribution in [3.8, 4) is 0 Å². The second kappa shape index (κ2) is 3.86. The molecule has 0 unspecified atom stereocenters. The zero-order valence-corrected chi connectivity index (χ0v) is 9.01. The van der Waals surface area contributed by atoms with Gasteiger partial charge in [-0.3, -0.25) is 15.4 Å². The van der Waals surface area contributed by atoms with Gasteiger partial charge in [0.05, 0.1) is 17.4 Å². The molecule has 0 fully saturated rings. The van der Waals surface area contributed by atoms with Crippen LogP contribution in [-0.2, 0) is 0 Å². The first-order valence-electron chi connectivity index (χ1n) is 4.38. The fourth-order valence-electron chi connectivity index (χ4n) is 1.42. The number of fused-ring (bicyclic) bond motifs is 1. The summed E-state index contributed by atoms with van der Waals surface area (Å²) < 4.78 is 1.52. The summed E-state index contributed by atoms with van der Waals surface area (Å²) in [7, 11) is 0. The van der Waals surface area contributed by atoms with Crippen LogP contribution >= 0.6 is 11.8 Å². The topological polar surface area (TPSA) is 65.5 Å². The molecule has 0 aliphatic carbocycles. The summed E-state index contributed by atoms with van der Waals surface area (Å²) in [5, 5.41) is 15.8. The molecular weight excluding hydrogens is 208 g/mol. The normalized spacial score (nSPS) is 10.5. The van der Waals surface area contributed by atoms with Crippen molar-refractivity contribution in [2.45, 2.75) is 5.03 Å². The van der Waals surface area contributed by atoms with Crippen LogP contribution in [0.25, 0.3) is 11.0 Å². The van der Waals surface area contributed by atoms with Gasteiger partial charge in [-0.05, 0) is 18.4 Å². The standard InChI is InChI=1S/C10H10N4S/c1-15-10-9(12)14(6-11)8-5-3-2-4-7(8)13-10/h2-6,11-12H,1H3. The van der Waals surface area contributed by atoms with Crippen molar-refractivity contribution in [2.24, 2.45) is 0 Å². The van der Waals surface area contributed by atoms with Crippen molar-refractivity contribution < 1.29 is 0 Å². The van der Waals surface area contributed by atoms with Gasteiger partial charge >= 0.3 is 0 Å². The summed E-state index contributed by atoms with van der Waals surface area (Å²) in [6.45, 7) is 0. The summed E-state index contributed by atoms with van der Waals surface area (Å²) in [5.41, 5.74) is 1.85. The van der Waals surface area contributed by atoms with Crippen LogP contribution < -0.4 is 5.49 Å². The molecule has 15 heavy (non-hydrogen) atoms. The van der Waals surface area contributed by atoms with Crippen LogP contribution in [-0.4, -0.2) is 22.1 Å². The molecule has 0 atom stereocenters. The van der Waals surface area contributed by atoms with Crippen molar-refractivity contribution in [1.82, 2.24) is 9.55 Å². The van der Waals surface area contributed by atoms with Gasteiger partial charge in [0.25, 0.3) is 0 Å². The predicted molar refractivity (Wildman–Crippen MR) is 61.6 cm³/mol. The highest BCUT2D eigenvalue weighted by Gasteiger charge is 2.04. The highest BCUT2D eigenvalue weighted by Crippen LogP contribution is 2.12. The van der Waals surface area contributed by atoms with Gasteiger partial charge in [0.15, 0.2) is 5.49 Å². The van der Waals surface area contributed by atoms with E-state index in [4.69, 9.17) is 10.8 Å². The second-order valence-electron chi connectivity index (χ2n) is 2.96. The lowest BCUT2D eigenvalue weighted by Gasteiger charge is -2.07. The molecule has 0 saturated heterocycles. The summed E-state index contributed by atoms with van der Waals surface area (Å²) in [4.78, 5) is 4.35. The Kier molecular flexibility index (Phi) is 2.55. The number of para-hydroxylation sites is 2. The quantitative estimate of drug-likeness (QED) is 0.457. The minimum atomic E-state index is 0.260. The lowest BCUT2D eigenvalue weighted by atomic mass is 10.3. The van der Waals surface area contributed by atoms with E-state index in [1.54, 1.807) is 0 Å². The molecule has 0 amide bonds. The maximum absolute atomic E-state index is 7.86. The van der Waals surface area contributed by atoms with E-state index < -0.39 is 0 Å². The van der Waals surface area contributed by atoms with Gasteiger partial charge in [0.1, 0.15) is 5.03 Å². The lowest BCUT2D eigenvalue weighted by molar-refractivity contribution is 0.911. The Morgan fingerprint density at radius 1 is 1.40 bits per heavy atom. The van der Waals surface area contributed by atoms with Crippen molar-refractivity contribution in [1.29, 1.82) is 10.8 Å². The van der Waals surface area contributed by atoms with E-state index in [1.165, 1.54) is 16.3 Å². The van der Waals surface area contributed by atoms with Gasteiger partial charge in [0, 0.05) is 0 Å². The molecule has 1 aromatic carbocycles. The number of benzene rings is 1. The molecule has 2 aromatic rings. The third kappa shape index (κ3) is 1.55. The van der Waals surface area contributed by atoms with Crippen LogP contribution in [0.15, 0.2) is 29.3 Å². The Bertz CT molecular complexity index is 573. The van der Waals surface area contributed by atoms with Crippen molar-refractivity contribution >= 4 is 29.1 Å². The summed E-state index contributed by atoms with van der Waals surface area (Å²) >= 11 is 1.42. The Balaban J connectivity index is 2.96. The smallest absolute Gasteiger partial charge is 0.163 e. The number of rotatable bonds is 2. The fraction of sp³-hybridized carbons (Fsp3) is 0.100. The number of hydrogen-bond donors (Lipinski definition) is 2. The first-order chi connectivity index (χ1) is 7.27. The zero-order chi connectivity index (χ0) is 10.8. The van der Waals surface area contributed by atoms with Crippen molar-refractivity contribution in [3.05, 3.63) is 29.8 Å². The molecule has 0 bridgehead atoms. The van der Waals surface area contributed by atoms with E-state index in [0.717, 1.165) is 17.4 Å². The van der Waals surface area contributed by atoms with Crippen LogP contribution in [0.1, 0.15) is 0 Å². The molecule has 5 heteroatoms. The molecular formula is C10H10N4S. The predicted octanol–water partition coefficient (Wildman–Crippen LogP) is 1.69. The summed E-state index contributed by atoms with van der Waals surface area (Å²) in [5.74, 6) is 0. The Hall–Kier alpha value is -1.62. The van der Waals surface area contributed by atoms with E-state index in [9.17, 15) is 0 Å². The first kappa shape index (κ1) is 9.92. The Morgan fingerprint density at radius 2 is 2.13 bits per heavy atom. The maximum atomic E-state index is 7.86. The van der Waals surface area contributed by atoms with Crippen LogP contribution in [0, 0.1) is 10.8 Å². The first-order valence-corrected chi connectivity index (χ1v) is 5.61. The third-order valence-corrected chi connectivity index (χ3v) is 2.80. The maximum Gasteiger partial charge on any atom is 0.163 e. The van der Waals surface area contributed by atoms with Crippen LogP contribution in [0.4, 0.5) is 0 Å². The lowest BCUT2D eigenvalue weighted by Crippen LogP contribution is -2.22. The SMILES string of the molecule is CSc1nc2ccccc2n(C=N)c1=N. The van der Waals surface area contributed by atoms with Crippen LogP contribution in [0.2, 0.25) is 0 Å². The molecule has 0 aliphatic rings. The Labute approximate surface area is 91.0 Å². The number of hydrogen-bond acceptors (Lipinski definition) is 4. The van der Waals surface area contributed by atoms with Gasteiger partial charge in [0.2, 0.25) is 0 Å². The molecule has 0 saturated carbocycles. The molecule has 1 aromatic heterocycles. The van der Waals surface area contributed by atoms with Crippen LogP contribution in [0.5, 0.6) is 0 Å². The van der Waals surface area contributed by atoms with Gasteiger partial charge < -0.3 is 0 Å². The number of nitrogens with one attached hydrogen (secondary N) is 2. The molecule has 76 valence electrons. The molecule has 0 radical (unpaired) electrons. The largest absolute Gasteiger partial charge is 0.291 e. The molecule has 0 aliphatic heterocycles. The minimum Gasteiger partial charge on any atom is -0.291 e. The van der Waals surface area contributed by atoms with E-state index in [1.807, 2.05) is 30.5 Å². The van der Waals surface area contributed by atoms with Crippen LogP contribution in [0.3, 0.4) is 0 Å². The van der Waals surface area contributed by atoms with Crippen molar-refractivity contribution in [2.75, 3.05) is 6.26 Å². The Morgan fingerprint density at radius 3 is 2.80 bits per heavy atom. The average molecular weight is 218 g/mol. The van der Waals surface area contributed by atoms with E-state index in [0.29, 0.717) is 5.03 Å². The van der Waals surface area contributed by atoms with Gasteiger partial charge in [-0.2, -0.15) is 0 Å². The van der Waals surface area contributed by atoms with E-state index >= 15 is 0 Å². The molecule has 2 rings (SSSR count). The van der Waals surface area contributed by atoms with E-state index in [-0.39, 0.29) is 5.49 Å². The average Bonchev–Trinajstić information content (AvgIpc) is 2.28.